The number of aldehydes is 1. The molecule has 0 fully saturated rings. The third-order valence-corrected chi connectivity index (χ3v) is 1.90. The van der Waals surface area contributed by atoms with Gasteiger partial charge in [0.05, 0.1) is 12.7 Å². The van der Waals surface area contributed by atoms with E-state index in [1.807, 2.05) is 10.8 Å². The molecule has 14 heavy (non-hydrogen) atoms. The van der Waals surface area contributed by atoms with Crippen LogP contribution in [0.25, 0.3) is 0 Å². The Morgan fingerprint density at radius 1 is 1.57 bits per heavy atom. The van der Waals surface area contributed by atoms with Gasteiger partial charge in [-0.15, -0.1) is 0 Å². The second kappa shape index (κ2) is 3.45. The molecule has 0 unspecified atom stereocenters. The molecule has 0 saturated carbocycles. The lowest BCUT2D eigenvalue weighted by atomic mass is 10.4. The normalized spacial score (nSPS) is 10.4. The van der Waals surface area contributed by atoms with E-state index in [2.05, 4.69) is 10.2 Å². The van der Waals surface area contributed by atoms with Gasteiger partial charge in [0.15, 0.2) is 6.29 Å². The number of nitrogens with zero attached hydrogens (tertiary/aromatic N) is 4. The highest BCUT2D eigenvalue weighted by Crippen LogP contribution is 2.01. The van der Waals surface area contributed by atoms with Gasteiger partial charge in [0.2, 0.25) is 0 Å². The molecular weight excluding hydrogens is 180 g/mol. The maximum atomic E-state index is 10.4. The van der Waals surface area contributed by atoms with Crippen molar-refractivity contribution in [1.29, 1.82) is 0 Å². The van der Waals surface area contributed by atoms with Gasteiger partial charge in [-0.1, -0.05) is 0 Å². The molecule has 0 aliphatic rings. The smallest absolute Gasteiger partial charge is 0.151 e. The van der Waals surface area contributed by atoms with E-state index < -0.39 is 0 Å². The minimum absolute atomic E-state index is 0.641. The van der Waals surface area contributed by atoms with Crippen molar-refractivity contribution in [3.05, 3.63) is 35.9 Å². The molecule has 0 saturated heterocycles. The van der Waals surface area contributed by atoms with Crippen LogP contribution in [0, 0.1) is 0 Å². The molecule has 0 spiro atoms. The van der Waals surface area contributed by atoms with Gasteiger partial charge in [-0.05, 0) is 6.07 Å². The zero-order valence-corrected chi connectivity index (χ0v) is 7.79. The second-order valence-corrected chi connectivity index (χ2v) is 3.06. The molecule has 0 aromatic carbocycles. The van der Waals surface area contributed by atoms with Crippen LogP contribution in [-0.4, -0.2) is 25.8 Å². The Kier molecular flexibility index (Phi) is 2.14. The van der Waals surface area contributed by atoms with Crippen LogP contribution in [0.3, 0.4) is 0 Å². The fourth-order valence-corrected chi connectivity index (χ4v) is 1.27. The van der Waals surface area contributed by atoms with Gasteiger partial charge in [-0.25, -0.2) is 0 Å². The SMILES string of the molecule is Cn1ncc(Cn2ccc(C=O)c2)n1. The van der Waals surface area contributed by atoms with Crippen molar-refractivity contribution in [3.63, 3.8) is 0 Å². The quantitative estimate of drug-likeness (QED) is 0.661. The Hall–Kier alpha value is -1.91. The van der Waals surface area contributed by atoms with Crippen LogP contribution in [0.5, 0.6) is 0 Å². The minimum atomic E-state index is 0.641. The molecular formula is C9H10N4O. The summed E-state index contributed by atoms with van der Waals surface area (Å²) < 4.78 is 1.90. The predicted molar refractivity (Wildman–Crippen MR) is 49.9 cm³/mol. The summed E-state index contributed by atoms with van der Waals surface area (Å²) in [6.07, 6.45) is 6.16. The summed E-state index contributed by atoms with van der Waals surface area (Å²) in [5.41, 5.74) is 1.55. The van der Waals surface area contributed by atoms with E-state index in [9.17, 15) is 4.79 Å². The molecule has 0 radical (unpaired) electrons. The summed E-state index contributed by atoms with van der Waals surface area (Å²) in [6, 6.07) is 1.77. The van der Waals surface area contributed by atoms with E-state index in [-0.39, 0.29) is 0 Å². The van der Waals surface area contributed by atoms with Crippen LogP contribution >= 0.6 is 0 Å². The molecule has 0 amide bonds. The topological polar surface area (TPSA) is 52.7 Å². The fraction of sp³-hybridized carbons (Fsp3) is 0.222. The Labute approximate surface area is 81.0 Å². The first-order valence-corrected chi connectivity index (χ1v) is 4.24. The highest BCUT2D eigenvalue weighted by Gasteiger charge is 2.00. The molecule has 0 N–H and O–H groups in total. The molecule has 0 aliphatic carbocycles. The van der Waals surface area contributed by atoms with Crippen molar-refractivity contribution < 1.29 is 4.79 Å². The van der Waals surface area contributed by atoms with Crippen molar-refractivity contribution in [2.45, 2.75) is 6.54 Å². The number of hydrogen-bond acceptors (Lipinski definition) is 3. The number of rotatable bonds is 3. The number of aromatic nitrogens is 4. The van der Waals surface area contributed by atoms with Gasteiger partial charge in [0.1, 0.15) is 5.69 Å². The van der Waals surface area contributed by atoms with Gasteiger partial charge >= 0.3 is 0 Å². The average molecular weight is 190 g/mol. The standard InChI is InChI=1S/C9H10N4O/c1-12-10-4-9(11-12)6-13-3-2-8(5-13)7-14/h2-5,7H,6H2,1H3. The second-order valence-electron chi connectivity index (χ2n) is 3.06. The molecule has 2 aromatic rings. The first-order chi connectivity index (χ1) is 6.78. The van der Waals surface area contributed by atoms with E-state index in [4.69, 9.17) is 0 Å². The number of aryl methyl sites for hydroxylation is 1. The monoisotopic (exact) mass is 190 g/mol. The van der Waals surface area contributed by atoms with Crippen molar-refractivity contribution in [2.24, 2.45) is 7.05 Å². The van der Waals surface area contributed by atoms with E-state index in [1.54, 1.807) is 25.5 Å². The van der Waals surface area contributed by atoms with E-state index in [1.165, 1.54) is 4.80 Å². The predicted octanol–water partition coefficient (Wildman–Crippen LogP) is 0.477. The van der Waals surface area contributed by atoms with Crippen LogP contribution in [0.4, 0.5) is 0 Å². The van der Waals surface area contributed by atoms with E-state index in [0.717, 1.165) is 12.0 Å². The Morgan fingerprint density at radius 3 is 3.00 bits per heavy atom. The lowest BCUT2D eigenvalue weighted by Gasteiger charge is -1.96. The number of carbonyl (C=O) groups is 1. The molecule has 0 atom stereocenters. The summed E-state index contributed by atoms with van der Waals surface area (Å²) in [5, 5.41) is 8.10. The summed E-state index contributed by atoms with van der Waals surface area (Å²) in [4.78, 5) is 11.9. The number of carbonyl (C=O) groups excluding carboxylic acids is 1. The molecule has 2 rings (SSSR count). The van der Waals surface area contributed by atoms with Crippen molar-refractivity contribution in [3.8, 4) is 0 Å². The van der Waals surface area contributed by atoms with Crippen LogP contribution in [0.15, 0.2) is 24.7 Å². The summed E-state index contributed by atoms with van der Waals surface area (Å²) in [7, 11) is 1.77. The summed E-state index contributed by atoms with van der Waals surface area (Å²) in [5.74, 6) is 0. The van der Waals surface area contributed by atoms with Gasteiger partial charge in [0, 0.05) is 25.0 Å². The summed E-state index contributed by atoms with van der Waals surface area (Å²) >= 11 is 0. The first kappa shape index (κ1) is 8.68. The van der Waals surface area contributed by atoms with Crippen LogP contribution in [0.1, 0.15) is 16.1 Å². The average Bonchev–Trinajstić information content (AvgIpc) is 2.76. The highest BCUT2D eigenvalue weighted by molar-refractivity contribution is 5.74. The zero-order chi connectivity index (χ0) is 9.97. The van der Waals surface area contributed by atoms with E-state index in [0.29, 0.717) is 12.1 Å². The molecule has 0 bridgehead atoms. The van der Waals surface area contributed by atoms with Crippen molar-refractivity contribution >= 4 is 6.29 Å². The van der Waals surface area contributed by atoms with Crippen LogP contribution in [-0.2, 0) is 13.6 Å². The summed E-state index contributed by atoms with van der Waals surface area (Å²) in [6.45, 7) is 0.641. The van der Waals surface area contributed by atoms with Gasteiger partial charge in [-0.3, -0.25) is 4.79 Å². The largest absolute Gasteiger partial charge is 0.347 e. The van der Waals surface area contributed by atoms with Crippen LogP contribution in [0.2, 0.25) is 0 Å². The van der Waals surface area contributed by atoms with Crippen LogP contribution < -0.4 is 0 Å². The Morgan fingerprint density at radius 2 is 2.43 bits per heavy atom. The Bertz CT molecular complexity index is 443. The van der Waals surface area contributed by atoms with Crippen molar-refractivity contribution in [1.82, 2.24) is 19.6 Å². The minimum Gasteiger partial charge on any atom is -0.347 e. The maximum Gasteiger partial charge on any atom is 0.151 e. The fourth-order valence-electron chi connectivity index (χ4n) is 1.27. The molecule has 2 aromatic heterocycles. The van der Waals surface area contributed by atoms with Gasteiger partial charge in [0.25, 0.3) is 0 Å². The Balaban J connectivity index is 2.14. The highest BCUT2D eigenvalue weighted by atomic mass is 16.1. The van der Waals surface area contributed by atoms with E-state index >= 15 is 0 Å². The van der Waals surface area contributed by atoms with Crippen molar-refractivity contribution in [2.75, 3.05) is 0 Å². The lowest BCUT2D eigenvalue weighted by Crippen LogP contribution is -1.98. The third kappa shape index (κ3) is 1.71. The van der Waals surface area contributed by atoms with Gasteiger partial charge < -0.3 is 4.57 Å². The molecule has 2 heterocycles. The first-order valence-electron chi connectivity index (χ1n) is 4.24. The molecule has 5 heteroatoms. The molecule has 72 valence electrons. The molecule has 5 nitrogen and oxygen atoms in total. The lowest BCUT2D eigenvalue weighted by molar-refractivity contribution is 0.112. The molecule has 0 aliphatic heterocycles. The van der Waals surface area contributed by atoms with Gasteiger partial charge in [-0.2, -0.15) is 15.0 Å². The zero-order valence-electron chi connectivity index (χ0n) is 7.79. The third-order valence-electron chi connectivity index (χ3n) is 1.90. The maximum absolute atomic E-state index is 10.4. The number of hydrogen-bond donors (Lipinski definition) is 0.